The zero-order valence-electron chi connectivity index (χ0n) is 70.6. The Morgan fingerprint density at radius 3 is 0.977 bits per heavy atom. The molecule has 0 amide bonds. The second-order valence-corrected chi connectivity index (χ2v) is 34.1. The number of fused-ring (bicyclic) bond motifs is 18. The molecule has 26 aromatic rings. The molecule has 4 aromatic heterocycles. The van der Waals surface area contributed by atoms with E-state index in [1.54, 1.807) is 0 Å². The third kappa shape index (κ3) is 12.2. The number of furan rings is 2. The Kier molecular flexibility index (Phi) is 17.2. The van der Waals surface area contributed by atoms with Gasteiger partial charge in [0, 0.05) is 88.3 Å². The molecule has 0 N–H and O–H groups in total. The fourth-order valence-corrected chi connectivity index (χ4v) is 20.9. The SMILES string of the molecule is c1cc(-c2cc3ccc(-c4ccc5c6ccccc6n(-c6ccccc6-c6ccc(N(c7ccc(-c8cc9ccccc9c9ccccc89)cc7)c7ccc(-c8cccc9oc%10ccccc%10c89)cc7)cc6)c5c4)cc3c3ccccc23)cc(N(c2ccc(-c3ccccc3-n3c4ccccc4c4ccccc43)cc2)c2ccc(-c3cccc4oc5ccccc5c34)cc2)c1. The second kappa shape index (κ2) is 30.2. The van der Waals surface area contributed by atoms with Gasteiger partial charge in [-0.2, -0.15) is 0 Å². The summed E-state index contributed by atoms with van der Waals surface area (Å²) in [5.74, 6) is 0. The van der Waals surface area contributed by atoms with Crippen LogP contribution in [0.15, 0.2) is 482 Å². The van der Waals surface area contributed by atoms with E-state index >= 15 is 0 Å². The van der Waals surface area contributed by atoms with E-state index in [-0.39, 0.29) is 0 Å². The van der Waals surface area contributed by atoms with Crippen molar-refractivity contribution in [2.75, 3.05) is 9.80 Å². The maximum Gasteiger partial charge on any atom is 0.136 e. The molecule has 0 spiro atoms. The molecule has 0 saturated carbocycles. The Hall–Kier alpha value is -17.3. The van der Waals surface area contributed by atoms with Gasteiger partial charge in [0.2, 0.25) is 0 Å². The molecule has 0 bridgehead atoms. The molecular formula is C124H78N4O2. The van der Waals surface area contributed by atoms with E-state index in [0.29, 0.717) is 0 Å². The van der Waals surface area contributed by atoms with Crippen LogP contribution in [0, 0.1) is 0 Å². The first kappa shape index (κ1) is 74.1. The van der Waals surface area contributed by atoms with Crippen LogP contribution in [0.4, 0.5) is 34.1 Å². The topological polar surface area (TPSA) is 42.6 Å². The van der Waals surface area contributed by atoms with Crippen molar-refractivity contribution in [3.05, 3.63) is 473 Å². The summed E-state index contributed by atoms with van der Waals surface area (Å²) in [6.07, 6.45) is 0. The smallest absolute Gasteiger partial charge is 0.136 e. The molecule has 0 aliphatic carbocycles. The van der Waals surface area contributed by atoms with Crippen molar-refractivity contribution in [3.8, 4) is 89.3 Å². The average Bonchev–Trinajstić information content (AvgIpc) is 1.52. The van der Waals surface area contributed by atoms with Crippen molar-refractivity contribution in [2.24, 2.45) is 0 Å². The maximum atomic E-state index is 6.42. The van der Waals surface area contributed by atoms with Crippen LogP contribution in [0.25, 0.3) is 220 Å². The summed E-state index contributed by atoms with van der Waals surface area (Å²) in [5.41, 5.74) is 32.6. The Morgan fingerprint density at radius 2 is 0.477 bits per heavy atom. The molecule has 130 heavy (non-hydrogen) atoms. The van der Waals surface area contributed by atoms with Gasteiger partial charge in [-0.25, -0.2) is 0 Å². The van der Waals surface area contributed by atoms with Gasteiger partial charge in [0.15, 0.2) is 0 Å². The molecule has 0 fully saturated rings. The monoisotopic (exact) mass is 1650 g/mol. The minimum atomic E-state index is 0.878. The van der Waals surface area contributed by atoms with Crippen LogP contribution in [0.1, 0.15) is 0 Å². The number of hydrogen-bond donors (Lipinski definition) is 0. The predicted octanol–water partition coefficient (Wildman–Crippen LogP) is 34.9. The van der Waals surface area contributed by atoms with Crippen molar-refractivity contribution in [1.29, 1.82) is 0 Å². The molecule has 6 nitrogen and oxygen atoms in total. The third-order valence-corrected chi connectivity index (χ3v) is 26.9. The van der Waals surface area contributed by atoms with Crippen molar-refractivity contribution >= 4 is 165 Å². The first-order valence-electron chi connectivity index (χ1n) is 44.6. The Bertz CT molecular complexity index is 8990. The average molecular weight is 1660 g/mol. The summed E-state index contributed by atoms with van der Waals surface area (Å²) in [6.45, 7) is 0. The normalized spacial score (nSPS) is 11.8. The molecule has 606 valence electrons. The lowest BCUT2D eigenvalue weighted by atomic mass is 9.91. The Morgan fingerprint density at radius 1 is 0.154 bits per heavy atom. The molecule has 4 heterocycles. The summed E-state index contributed by atoms with van der Waals surface area (Å²) in [5, 5.41) is 19.1. The van der Waals surface area contributed by atoms with Crippen molar-refractivity contribution in [2.45, 2.75) is 0 Å². The highest BCUT2D eigenvalue weighted by atomic mass is 16.3. The summed E-state index contributed by atoms with van der Waals surface area (Å²) >= 11 is 0. The Balaban J connectivity index is 0.550. The number of anilines is 6. The molecule has 6 heteroatoms. The van der Waals surface area contributed by atoms with Crippen molar-refractivity contribution in [3.63, 3.8) is 0 Å². The summed E-state index contributed by atoms with van der Waals surface area (Å²) < 4.78 is 17.7. The highest BCUT2D eigenvalue weighted by Crippen LogP contribution is 2.49. The third-order valence-electron chi connectivity index (χ3n) is 26.9. The molecule has 0 aliphatic heterocycles. The minimum absolute atomic E-state index is 0.878. The van der Waals surface area contributed by atoms with Crippen LogP contribution in [-0.2, 0) is 0 Å². The van der Waals surface area contributed by atoms with E-state index in [0.717, 1.165) is 167 Å². The summed E-state index contributed by atoms with van der Waals surface area (Å²) in [4.78, 5) is 4.79. The highest BCUT2D eigenvalue weighted by molar-refractivity contribution is 6.19. The van der Waals surface area contributed by atoms with Crippen LogP contribution in [0.3, 0.4) is 0 Å². The molecule has 0 atom stereocenters. The Labute approximate surface area is 749 Å². The van der Waals surface area contributed by atoms with E-state index in [1.807, 2.05) is 12.1 Å². The quantitative estimate of drug-likeness (QED) is 0.0960. The van der Waals surface area contributed by atoms with Gasteiger partial charge in [-0.05, 0) is 262 Å². The number of para-hydroxylation sites is 7. The fraction of sp³-hybridized carbons (Fsp3) is 0. The predicted molar refractivity (Wildman–Crippen MR) is 547 cm³/mol. The van der Waals surface area contributed by atoms with Crippen LogP contribution in [-0.4, -0.2) is 9.13 Å². The van der Waals surface area contributed by atoms with Crippen LogP contribution in [0.5, 0.6) is 0 Å². The lowest BCUT2D eigenvalue weighted by Crippen LogP contribution is -2.10. The number of rotatable bonds is 15. The van der Waals surface area contributed by atoms with E-state index in [1.165, 1.54) is 86.8 Å². The summed E-state index contributed by atoms with van der Waals surface area (Å²) in [7, 11) is 0. The first-order valence-corrected chi connectivity index (χ1v) is 44.6. The number of hydrogen-bond acceptors (Lipinski definition) is 4. The van der Waals surface area contributed by atoms with Gasteiger partial charge in [-0.1, -0.05) is 322 Å². The van der Waals surface area contributed by atoms with Gasteiger partial charge in [-0.15, -0.1) is 0 Å². The lowest BCUT2D eigenvalue weighted by molar-refractivity contribution is 0.668. The van der Waals surface area contributed by atoms with Gasteiger partial charge in [-0.3, -0.25) is 0 Å². The minimum Gasteiger partial charge on any atom is -0.456 e. The first-order chi connectivity index (χ1) is 64.5. The van der Waals surface area contributed by atoms with Gasteiger partial charge in [0.1, 0.15) is 22.3 Å². The molecular weight excluding hydrogens is 1580 g/mol. The molecule has 0 unspecified atom stereocenters. The van der Waals surface area contributed by atoms with Gasteiger partial charge >= 0.3 is 0 Å². The van der Waals surface area contributed by atoms with E-state index < -0.39 is 0 Å². The largest absolute Gasteiger partial charge is 0.456 e. The molecule has 26 rings (SSSR count). The van der Waals surface area contributed by atoms with Crippen LogP contribution in [0.2, 0.25) is 0 Å². The molecule has 0 saturated heterocycles. The zero-order chi connectivity index (χ0) is 85.4. The van der Waals surface area contributed by atoms with Gasteiger partial charge < -0.3 is 27.8 Å². The van der Waals surface area contributed by atoms with Crippen LogP contribution >= 0.6 is 0 Å². The van der Waals surface area contributed by atoms with E-state index in [4.69, 9.17) is 8.83 Å². The van der Waals surface area contributed by atoms with E-state index in [2.05, 4.69) is 480 Å². The zero-order valence-corrected chi connectivity index (χ0v) is 70.6. The molecule has 0 radical (unpaired) electrons. The van der Waals surface area contributed by atoms with Gasteiger partial charge in [0.25, 0.3) is 0 Å². The van der Waals surface area contributed by atoms with Crippen LogP contribution < -0.4 is 9.80 Å². The maximum absolute atomic E-state index is 6.42. The number of nitrogens with zero attached hydrogens (tertiary/aromatic N) is 4. The fourth-order valence-electron chi connectivity index (χ4n) is 20.9. The van der Waals surface area contributed by atoms with Gasteiger partial charge in [0.05, 0.1) is 33.4 Å². The van der Waals surface area contributed by atoms with E-state index in [9.17, 15) is 0 Å². The number of benzene rings is 22. The van der Waals surface area contributed by atoms with Crippen molar-refractivity contribution < 1.29 is 8.83 Å². The standard InChI is InChI=1S/C124H78N4O2/c1-2-27-95-87(24-1)76-110(101-31-4-3-30-100(95)101)83-60-71-91(72-61-83)125(90-67-56-81(57-68-90)98-39-22-48-121-123(98)108-37-12-19-46-119(108)129-121)89-63-52-80(53-64-89)97-29-8-15-42-114(97)128-117-45-18-11-36-106(117)107-73-62-85(78-118(107)128)84-50-51-88-77-112(103-33-6-5-32-102(103)111(88)75-84)86-25-21-26-94(74-86)126(93-69-58-82(59-70-93)99-40-23-49-122-124(99)109-38-13-20-47-120(109)130-122)92-65-54-79(55-66-92)96-28-7-14-41-113(96)127-115-43-16-9-34-104(115)105-35-10-17-44-116(105)127/h1-78H. The second-order valence-electron chi connectivity index (χ2n) is 34.1. The number of aromatic nitrogens is 2. The van der Waals surface area contributed by atoms with Crippen molar-refractivity contribution in [1.82, 2.24) is 9.13 Å². The highest BCUT2D eigenvalue weighted by Gasteiger charge is 2.25. The lowest BCUT2D eigenvalue weighted by Gasteiger charge is -2.27. The molecule has 22 aromatic carbocycles. The molecule has 0 aliphatic rings. The summed E-state index contributed by atoms with van der Waals surface area (Å²) in [6, 6.07) is 173.